The number of nitrogens with zero attached hydrogens (tertiary/aromatic N) is 1. The SMILES string of the molecule is NCc1nc2ccc(C(F)F)cc2[nH]1. The van der Waals surface area contributed by atoms with Crippen LogP contribution in [0.25, 0.3) is 11.0 Å². The first-order valence-electron chi connectivity index (χ1n) is 4.17. The lowest BCUT2D eigenvalue weighted by Crippen LogP contribution is -1.97. The highest BCUT2D eigenvalue weighted by Crippen LogP contribution is 2.22. The minimum absolute atomic E-state index is 0.00952. The van der Waals surface area contributed by atoms with Crippen LogP contribution in [0.1, 0.15) is 17.8 Å². The van der Waals surface area contributed by atoms with Gasteiger partial charge >= 0.3 is 0 Å². The number of alkyl halides is 2. The van der Waals surface area contributed by atoms with E-state index in [-0.39, 0.29) is 12.1 Å². The predicted molar refractivity (Wildman–Crippen MR) is 48.9 cm³/mol. The van der Waals surface area contributed by atoms with E-state index in [1.54, 1.807) is 6.07 Å². The summed E-state index contributed by atoms with van der Waals surface area (Å²) in [7, 11) is 0. The zero-order valence-corrected chi connectivity index (χ0v) is 7.30. The van der Waals surface area contributed by atoms with Crippen LogP contribution in [-0.2, 0) is 6.54 Å². The number of H-pyrrole nitrogens is 1. The van der Waals surface area contributed by atoms with E-state index in [1.807, 2.05) is 0 Å². The minimum atomic E-state index is -2.45. The summed E-state index contributed by atoms with van der Waals surface area (Å²) in [5.41, 5.74) is 6.62. The Kier molecular flexibility index (Phi) is 2.17. The van der Waals surface area contributed by atoms with Gasteiger partial charge in [-0.1, -0.05) is 6.07 Å². The first-order valence-corrected chi connectivity index (χ1v) is 4.17. The molecule has 0 spiro atoms. The molecule has 0 saturated heterocycles. The van der Waals surface area contributed by atoms with Gasteiger partial charge in [0.1, 0.15) is 5.82 Å². The van der Waals surface area contributed by atoms with Crippen molar-refractivity contribution in [3.63, 3.8) is 0 Å². The fourth-order valence-corrected chi connectivity index (χ4v) is 1.31. The number of hydrogen-bond donors (Lipinski definition) is 2. The van der Waals surface area contributed by atoms with Crippen LogP contribution >= 0.6 is 0 Å². The Morgan fingerprint density at radius 1 is 1.43 bits per heavy atom. The predicted octanol–water partition coefficient (Wildman–Crippen LogP) is 1.96. The number of aromatic nitrogens is 2. The number of imidazole rings is 1. The van der Waals surface area contributed by atoms with E-state index >= 15 is 0 Å². The number of nitrogens with one attached hydrogen (secondary N) is 1. The maximum absolute atomic E-state index is 12.3. The molecule has 0 aliphatic heterocycles. The van der Waals surface area contributed by atoms with Crippen LogP contribution in [0.4, 0.5) is 8.78 Å². The standard InChI is InChI=1S/C9H9F2N3/c10-9(11)5-1-2-6-7(3-5)14-8(4-12)13-6/h1-3,9H,4,12H2,(H,13,14). The highest BCUT2D eigenvalue weighted by atomic mass is 19.3. The molecule has 2 aromatic rings. The van der Waals surface area contributed by atoms with Crippen molar-refractivity contribution in [2.24, 2.45) is 5.73 Å². The molecule has 0 unspecified atom stereocenters. The van der Waals surface area contributed by atoms with Crippen LogP contribution in [0.15, 0.2) is 18.2 Å². The average molecular weight is 197 g/mol. The average Bonchev–Trinajstić information content (AvgIpc) is 2.58. The molecule has 0 aliphatic carbocycles. The topological polar surface area (TPSA) is 54.7 Å². The Morgan fingerprint density at radius 2 is 2.21 bits per heavy atom. The first kappa shape index (κ1) is 9.08. The van der Waals surface area contributed by atoms with E-state index < -0.39 is 6.43 Å². The molecular weight excluding hydrogens is 188 g/mol. The van der Waals surface area contributed by atoms with E-state index in [9.17, 15) is 8.78 Å². The van der Waals surface area contributed by atoms with Crippen LogP contribution < -0.4 is 5.73 Å². The highest BCUT2D eigenvalue weighted by Gasteiger charge is 2.09. The maximum Gasteiger partial charge on any atom is 0.263 e. The molecule has 0 aliphatic rings. The van der Waals surface area contributed by atoms with Gasteiger partial charge < -0.3 is 10.7 Å². The van der Waals surface area contributed by atoms with E-state index in [0.29, 0.717) is 16.9 Å². The van der Waals surface area contributed by atoms with Gasteiger partial charge in [-0.05, 0) is 12.1 Å². The lowest BCUT2D eigenvalue weighted by atomic mass is 10.2. The third-order valence-corrected chi connectivity index (χ3v) is 2.00. The Hall–Kier alpha value is -1.49. The number of benzene rings is 1. The Labute approximate surface area is 78.9 Å². The summed E-state index contributed by atoms with van der Waals surface area (Å²) in [4.78, 5) is 6.98. The number of aromatic amines is 1. The number of nitrogens with two attached hydrogens (primary N) is 1. The van der Waals surface area contributed by atoms with Crippen LogP contribution in [0, 0.1) is 0 Å². The molecule has 0 saturated carbocycles. The van der Waals surface area contributed by atoms with Gasteiger partial charge in [-0.3, -0.25) is 0 Å². The normalized spacial score (nSPS) is 11.4. The third-order valence-electron chi connectivity index (χ3n) is 2.00. The van der Waals surface area contributed by atoms with Crippen molar-refractivity contribution in [2.75, 3.05) is 0 Å². The van der Waals surface area contributed by atoms with Crippen molar-refractivity contribution in [3.8, 4) is 0 Å². The molecule has 5 heteroatoms. The molecule has 1 heterocycles. The van der Waals surface area contributed by atoms with Gasteiger partial charge in [-0.15, -0.1) is 0 Å². The Morgan fingerprint density at radius 3 is 2.86 bits per heavy atom. The summed E-state index contributed by atoms with van der Waals surface area (Å²) in [6.07, 6.45) is -2.45. The number of halogens is 2. The van der Waals surface area contributed by atoms with Gasteiger partial charge in [-0.25, -0.2) is 13.8 Å². The van der Waals surface area contributed by atoms with E-state index in [1.165, 1.54) is 12.1 Å². The van der Waals surface area contributed by atoms with E-state index in [4.69, 9.17) is 5.73 Å². The van der Waals surface area contributed by atoms with Gasteiger partial charge in [0.2, 0.25) is 0 Å². The van der Waals surface area contributed by atoms with Crippen LogP contribution in [0.3, 0.4) is 0 Å². The van der Waals surface area contributed by atoms with Crippen LogP contribution in [-0.4, -0.2) is 9.97 Å². The molecule has 0 bridgehead atoms. The molecule has 0 amide bonds. The molecule has 0 fully saturated rings. The second-order valence-electron chi connectivity index (χ2n) is 2.96. The van der Waals surface area contributed by atoms with E-state index in [0.717, 1.165) is 0 Å². The van der Waals surface area contributed by atoms with Gasteiger partial charge in [0.15, 0.2) is 0 Å². The van der Waals surface area contributed by atoms with Crippen molar-refractivity contribution in [1.29, 1.82) is 0 Å². The lowest BCUT2D eigenvalue weighted by molar-refractivity contribution is 0.151. The molecule has 1 aromatic heterocycles. The maximum atomic E-state index is 12.3. The highest BCUT2D eigenvalue weighted by molar-refractivity contribution is 5.75. The minimum Gasteiger partial charge on any atom is -0.341 e. The molecule has 0 radical (unpaired) electrons. The summed E-state index contributed by atoms with van der Waals surface area (Å²) in [5.74, 6) is 0.603. The summed E-state index contributed by atoms with van der Waals surface area (Å²) in [6, 6.07) is 4.33. The fourth-order valence-electron chi connectivity index (χ4n) is 1.31. The smallest absolute Gasteiger partial charge is 0.263 e. The fraction of sp³-hybridized carbons (Fsp3) is 0.222. The zero-order chi connectivity index (χ0) is 10.1. The van der Waals surface area contributed by atoms with Crippen molar-refractivity contribution in [2.45, 2.75) is 13.0 Å². The molecule has 1 aromatic carbocycles. The van der Waals surface area contributed by atoms with Gasteiger partial charge in [-0.2, -0.15) is 0 Å². The molecular formula is C9H9F2N3. The van der Waals surface area contributed by atoms with Crippen molar-refractivity contribution >= 4 is 11.0 Å². The summed E-state index contributed by atoms with van der Waals surface area (Å²) < 4.78 is 24.6. The largest absolute Gasteiger partial charge is 0.341 e. The molecule has 3 nitrogen and oxygen atoms in total. The van der Waals surface area contributed by atoms with Crippen molar-refractivity contribution < 1.29 is 8.78 Å². The Balaban J connectivity index is 2.54. The van der Waals surface area contributed by atoms with E-state index in [2.05, 4.69) is 9.97 Å². The number of fused-ring (bicyclic) bond motifs is 1. The molecule has 14 heavy (non-hydrogen) atoms. The van der Waals surface area contributed by atoms with Crippen LogP contribution in [0.5, 0.6) is 0 Å². The zero-order valence-electron chi connectivity index (χ0n) is 7.30. The number of rotatable bonds is 2. The Bertz CT molecular complexity index is 450. The third kappa shape index (κ3) is 1.46. The first-order chi connectivity index (χ1) is 6.70. The molecule has 74 valence electrons. The summed E-state index contributed by atoms with van der Waals surface area (Å²) in [5, 5.41) is 0. The van der Waals surface area contributed by atoms with Gasteiger partial charge in [0, 0.05) is 5.56 Å². The van der Waals surface area contributed by atoms with Gasteiger partial charge in [0.05, 0.1) is 17.6 Å². The van der Waals surface area contributed by atoms with Crippen LogP contribution in [0.2, 0.25) is 0 Å². The van der Waals surface area contributed by atoms with Crippen molar-refractivity contribution in [1.82, 2.24) is 9.97 Å². The molecule has 0 atom stereocenters. The lowest BCUT2D eigenvalue weighted by Gasteiger charge is -1.97. The van der Waals surface area contributed by atoms with Gasteiger partial charge in [0.25, 0.3) is 6.43 Å². The quantitative estimate of drug-likeness (QED) is 0.773. The number of hydrogen-bond acceptors (Lipinski definition) is 2. The second-order valence-corrected chi connectivity index (χ2v) is 2.96. The summed E-state index contributed by atoms with van der Waals surface area (Å²) in [6.45, 7) is 0.276. The monoisotopic (exact) mass is 197 g/mol. The summed E-state index contributed by atoms with van der Waals surface area (Å²) >= 11 is 0. The molecule has 2 rings (SSSR count). The second kappa shape index (κ2) is 3.34. The molecule has 3 N–H and O–H groups in total. The van der Waals surface area contributed by atoms with Crippen molar-refractivity contribution in [3.05, 3.63) is 29.6 Å².